The number of nitrogens with two attached hydrogens (primary N) is 3. The van der Waals surface area contributed by atoms with Crippen LogP contribution >= 0.6 is 0 Å². The van der Waals surface area contributed by atoms with Gasteiger partial charge in [0.05, 0.1) is 55.8 Å². The molecule has 0 spiro atoms. The van der Waals surface area contributed by atoms with Crippen LogP contribution in [-0.2, 0) is 23.8 Å². The minimum atomic E-state index is -1.04. The van der Waals surface area contributed by atoms with E-state index in [0.29, 0.717) is 41.6 Å². The van der Waals surface area contributed by atoms with Gasteiger partial charge in [0, 0.05) is 36.2 Å². The van der Waals surface area contributed by atoms with E-state index in [-0.39, 0.29) is 78.7 Å². The Hall–Kier alpha value is -1.48. The monoisotopic (exact) mass is 798 g/mol. The number of quaternary nitrogens is 1. The van der Waals surface area contributed by atoms with Gasteiger partial charge in [-0.1, -0.05) is 6.08 Å². The van der Waals surface area contributed by atoms with Crippen molar-refractivity contribution in [3.63, 3.8) is 0 Å². The van der Waals surface area contributed by atoms with E-state index < -0.39 is 48.0 Å². The Labute approximate surface area is 339 Å². The summed E-state index contributed by atoms with van der Waals surface area (Å²) in [4.78, 5) is 28.2. The van der Waals surface area contributed by atoms with Gasteiger partial charge in [-0.25, -0.2) is 4.79 Å². The average Bonchev–Trinajstić information content (AvgIpc) is 3.34. The van der Waals surface area contributed by atoms with Crippen LogP contribution in [0.2, 0.25) is 0 Å². The van der Waals surface area contributed by atoms with Crippen molar-refractivity contribution in [2.24, 2.45) is 88.4 Å². The number of Topliss-reactive ketones (excluding diaryl/α,β-unsaturated/α-hetero) is 1. The van der Waals surface area contributed by atoms with Crippen molar-refractivity contribution in [3.8, 4) is 0 Å². The van der Waals surface area contributed by atoms with Crippen molar-refractivity contribution < 1.29 is 44.4 Å². The zero-order chi connectivity index (χ0) is 39.9. The van der Waals surface area contributed by atoms with Gasteiger partial charge in [-0.2, -0.15) is 0 Å². The Bertz CT molecular complexity index is 1530. The largest absolute Gasteiger partial charge is 0.456 e. The van der Waals surface area contributed by atoms with Crippen LogP contribution in [0.15, 0.2) is 11.6 Å². The Kier molecular flexibility index (Phi) is 11.5. The molecule has 5 aliphatic heterocycles. The van der Waals surface area contributed by atoms with Crippen molar-refractivity contribution in [1.29, 1.82) is 0 Å². The third-order valence-electron chi connectivity index (χ3n) is 18.3. The van der Waals surface area contributed by atoms with Crippen LogP contribution in [0.4, 0.5) is 0 Å². The third-order valence-corrected chi connectivity index (χ3v) is 18.3. The highest BCUT2D eigenvalue weighted by Crippen LogP contribution is 2.62. The van der Waals surface area contributed by atoms with Crippen molar-refractivity contribution >= 4 is 11.8 Å². The predicted octanol–water partition coefficient (Wildman–Crippen LogP) is 1.97. The minimum Gasteiger partial charge on any atom is -0.456 e. The second-order valence-corrected chi connectivity index (χ2v) is 20.8. The van der Waals surface area contributed by atoms with Crippen molar-refractivity contribution in [3.05, 3.63) is 11.6 Å². The second kappa shape index (κ2) is 16.1. The maximum absolute atomic E-state index is 14.3. The number of fused-ring (bicyclic) bond motifs is 9. The van der Waals surface area contributed by atoms with Crippen LogP contribution in [0, 0.1) is 76.9 Å². The van der Waals surface area contributed by atoms with E-state index in [9.17, 15) is 24.9 Å². The fourth-order valence-corrected chi connectivity index (χ4v) is 15.5. The Morgan fingerprint density at radius 3 is 2.44 bits per heavy atom. The molecule has 12 heteroatoms. The van der Waals surface area contributed by atoms with Gasteiger partial charge in [-0.05, 0) is 151 Å². The first kappa shape index (κ1) is 40.9. The molecule has 0 radical (unpaired) electrons. The predicted molar refractivity (Wildman–Crippen MR) is 211 cm³/mol. The Morgan fingerprint density at radius 1 is 0.895 bits per heavy atom. The molecule has 12 nitrogen and oxygen atoms in total. The first-order chi connectivity index (χ1) is 27.4. The van der Waals surface area contributed by atoms with Gasteiger partial charge in [0.1, 0.15) is 23.7 Å². The highest BCUT2D eigenvalue weighted by Gasteiger charge is 2.67. The van der Waals surface area contributed by atoms with Crippen LogP contribution < -0.4 is 22.1 Å². The molecule has 9 rings (SSSR count). The van der Waals surface area contributed by atoms with E-state index in [4.69, 9.17) is 25.7 Å². The molecule has 5 heterocycles. The molecular weight excluding hydrogens is 725 g/mol. The third kappa shape index (κ3) is 7.10. The summed E-state index contributed by atoms with van der Waals surface area (Å²) >= 11 is 0. The molecule has 4 bridgehead atoms. The van der Waals surface area contributed by atoms with Gasteiger partial charge >= 0.3 is 5.97 Å². The number of aliphatic hydroxyl groups is 3. The zero-order valence-electron chi connectivity index (χ0n) is 34.6. The summed E-state index contributed by atoms with van der Waals surface area (Å²) in [6.45, 7) is 7.39. The summed E-state index contributed by atoms with van der Waals surface area (Å²) in [6.07, 6.45) is 9.16. The Morgan fingerprint density at radius 2 is 1.65 bits per heavy atom. The molecule has 10 N–H and O–H groups in total. The van der Waals surface area contributed by atoms with Gasteiger partial charge in [0.2, 0.25) is 0 Å². The fraction of sp³-hybridized carbons (Fsp3) is 0.911. The molecule has 0 aromatic heterocycles. The zero-order valence-corrected chi connectivity index (χ0v) is 34.6. The van der Waals surface area contributed by atoms with E-state index in [1.165, 1.54) is 0 Å². The molecule has 0 amide bonds. The molecule has 0 aromatic rings. The molecule has 9 fully saturated rings. The van der Waals surface area contributed by atoms with Crippen molar-refractivity contribution in [2.45, 2.75) is 159 Å². The van der Waals surface area contributed by atoms with Crippen LogP contribution in [0.5, 0.6) is 0 Å². The number of aliphatic hydroxyl groups excluding tert-OH is 3. The molecule has 320 valence electrons. The number of hydrogen-bond acceptors (Lipinski definition) is 11. The molecule has 0 aromatic carbocycles. The number of hydrogen-bond donors (Lipinski definition) is 7. The molecule has 17 unspecified atom stereocenters. The Balaban J connectivity index is 1.26. The lowest BCUT2D eigenvalue weighted by Gasteiger charge is -2.64. The highest BCUT2D eigenvalue weighted by atomic mass is 16.6. The van der Waals surface area contributed by atoms with Gasteiger partial charge in [0.25, 0.3) is 0 Å². The summed E-state index contributed by atoms with van der Waals surface area (Å²) in [7, 11) is 0. The molecule has 5 saturated heterocycles. The summed E-state index contributed by atoms with van der Waals surface area (Å²) in [6, 6.07) is 0. The summed E-state index contributed by atoms with van der Waals surface area (Å²) in [5.41, 5.74) is 13.7. The van der Waals surface area contributed by atoms with E-state index in [0.717, 1.165) is 83.7 Å². The van der Waals surface area contributed by atoms with Crippen molar-refractivity contribution in [1.82, 2.24) is 5.32 Å². The lowest BCUT2D eigenvalue weighted by molar-refractivity contribution is -0.706. The topological polar surface area (TPSA) is 203 Å². The number of nitrogens with one attached hydrogen (secondary N) is 1. The van der Waals surface area contributed by atoms with Crippen LogP contribution in [0.3, 0.4) is 0 Å². The number of allylic oxidation sites excluding steroid dienone is 1. The van der Waals surface area contributed by atoms with E-state index in [1.54, 1.807) is 13.0 Å². The smallest absolute Gasteiger partial charge is 0.333 e. The molecule has 4 aliphatic carbocycles. The van der Waals surface area contributed by atoms with Gasteiger partial charge in [0.15, 0.2) is 0 Å². The number of carbonyl (C=O) groups is 2. The summed E-state index contributed by atoms with van der Waals surface area (Å²) in [5.74, 6) is 0.942. The molecular formula is C45H73N4O8+. The summed E-state index contributed by atoms with van der Waals surface area (Å²) < 4.78 is 21.5. The minimum absolute atomic E-state index is 0.0514. The van der Waals surface area contributed by atoms with Gasteiger partial charge in [-0.15, -0.1) is 0 Å². The maximum atomic E-state index is 14.3. The number of ether oxygens (including phenoxy) is 3. The van der Waals surface area contributed by atoms with Crippen LogP contribution in [0.1, 0.15) is 104 Å². The molecule has 9 aliphatic rings. The summed E-state index contributed by atoms with van der Waals surface area (Å²) in [5, 5.41) is 40.3. The number of piperidine rings is 2. The second-order valence-electron chi connectivity index (χ2n) is 20.8. The van der Waals surface area contributed by atoms with E-state index >= 15 is 0 Å². The lowest BCUT2D eigenvalue weighted by atomic mass is 9.51. The van der Waals surface area contributed by atoms with Crippen LogP contribution in [0.25, 0.3) is 0 Å². The number of esters is 1. The normalized spacial score (nSPS) is 53.9. The quantitative estimate of drug-likeness (QED) is 0.163. The SMILES string of the molecule is CC=C(C)C(=O)O[C@H]1CC2C(O)C3C(=O)CC(CO)OC3C3C2O[C@@]1(C)[C@H]1CC2C[NH2+]C(N)CC2CC[C@H]1C1CCC2CCC(O)CC2C[C@H]3C2CCNC(N)C21. The highest BCUT2D eigenvalue weighted by molar-refractivity contribution is 5.87. The van der Waals surface area contributed by atoms with Crippen molar-refractivity contribution in [2.75, 3.05) is 19.7 Å². The maximum Gasteiger partial charge on any atom is 0.333 e. The van der Waals surface area contributed by atoms with E-state index in [2.05, 4.69) is 17.6 Å². The lowest BCUT2D eigenvalue weighted by Crippen LogP contribution is -2.96. The number of carbonyl (C=O) groups excluding carboxylic acids is 2. The van der Waals surface area contributed by atoms with Gasteiger partial charge in [-0.3, -0.25) is 10.5 Å². The molecule has 57 heavy (non-hydrogen) atoms. The van der Waals surface area contributed by atoms with Gasteiger partial charge < -0.3 is 45.9 Å². The molecule has 22 atom stereocenters. The fourth-order valence-electron chi connectivity index (χ4n) is 15.5. The van der Waals surface area contributed by atoms with E-state index in [1.807, 2.05) is 6.92 Å². The molecule has 4 saturated carbocycles. The standard InChI is InChI=1S/C45H72N4O8/c1-4-21(2)44(54)56-35-18-32-40(53)39-34(52)17-27(20-50)55-42(39)38-31-14-24-13-26(51)8-5-22(24)6-10-29(37-30(31)11-12-48-43(37)47)28-9-7-23-16-36(46)49-19-25(23)15-33(28)45(35,3)57-41(32)38/h4,22-33,35-43,48-51,53H,5-20,46-47H2,1-3H3/p+1/t22?,23?,24?,25?,26?,27?,28-,29?,30?,31-,32?,33-,35-,36?,37?,38?,39?,40?,41?,42?,43?,45-/m0/s1. The first-order valence-electron chi connectivity index (χ1n) is 23.1. The first-order valence-corrected chi connectivity index (χ1v) is 23.1. The number of ketones is 1. The number of rotatable bonds is 3. The average molecular weight is 798 g/mol. The van der Waals surface area contributed by atoms with Crippen LogP contribution in [-0.4, -0.2) is 101 Å².